The van der Waals surface area contributed by atoms with Crippen molar-refractivity contribution < 1.29 is 15.0 Å². The van der Waals surface area contributed by atoms with Gasteiger partial charge in [0.1, 0.15) is 6.29 Å². The second-order valence-electron chi connectivity index (χ2n) is 7.10. The van der Waals surface area contributed by atoms with Crippen molar-refractivity contribution in [1.29, 1.82) is 0 Å². The molecule has 2 fully saturated rings. The highest BCUT2D eigenvalue weighted by Gasteiger charge is 2.56. The molecule has 0 aromatic heterocycles. The van der Waals surface area contributed by atoms with Crippen molar-refractivity contribution in [1.82, 2.24) is 0 Å². The number of hydrogen-bond acceptors (Lipinski definition) is 3. The maximum atomic E-state index is 11.0. The van der Waals surface area contributed by atoms with Crippen LogP contribution in [0.4, 0.5) is 0 Å². The smallest absolute Gasteiger partial charge is 0.145 e. The largest absolute Gasteiger partial charge is 0.393 e. The molecule has 3 unspecified atom stereocenters. The normalized spacial score (nSPS) is 45.6. The molecule has 0 aliphatic heterocycles. The van der Waals surface area contributed by atoms with Gasteiger partial charge < -0.3 is 10.2 Å². The van der Waals surface area contributed by atoms with Crippen molar-refractivity contribution >= 4 is 6.29 Å². The van der Waals surface area contributed by atoms with E-state index in [-0.39, 0.29) is 22.9 Å². The number of aldehydes is 1. The summed E-state index contributed by atoms with van der Waals surface area (Å²) in [4.78, 5) is 11.0. The van der Waals surface area contributed by atoms with Gasteiger partial charge in [0.25, 0.3) is 0 Å². The highest BCUT2D eigenvalue weighted by Crippen LogP contribution is 2.59. The first-order valence-corrected chi connectivity index (χ1v) is 6.74. The molecule has 2 N–H and O–H groups in total. The predicted molar refractivity (Wildman–Crippen MR) is 70.0 cm³/mol. The van der Waals surface area contributed by atoms with Crippen LogP contribution in [-0.2, 0) is 4.79 Å². The molecule has 3 heteroatoms. The average molecular weight is 252 g/mol. The van der Waals surface area contributed by atoms with E-state index in [1.165, 1.54) is 0 Å². The standard InChI is InChI=1S/C15H24O3/c1-9(8-16)13-12(18)7-15(13,4)10-5-14(2,3)6-11(10)17/h8,10-12,17-18H,5-7H2,1-4H3/b13-9-/t10?,11?,12?,15-/m1/s1. The van der Waals surface area contributed by atoms with Gasteiger partial charge in [-0.15, -0.1) is 0 Å². The Hall–Kier alpha value is -0.670. The summed E-state index contributed by atoms with van der Waals surface area (Å²) in [6.07, 6.45) is 2.40. The van der Waals surface area contributed by atoms with E-state index in [1.54, 1.807) is 6.92 Å². The highest BCUT2D eigenvalue weighted by molar-refractivity contribution is 5.75. The molecule has 0 radical (unpaired) electrons. The lowest BCUT2D eigenvalue weighted by Crippen LogP contribution is -2.50. The van der Waals surface area contributed by atoms with Crippen molar-refractivity contribution in [3.8, 4) is 0 Å². The number of carbonyl (C=O) groups is 1. The topological polar surface area (TPSA) is 57.5 Å². The van der Waals surface area contributed by atoms with E-state index < -0.39 is 6.10 Å². The molecule has 0 heterocycles. The molecule has 2 aliphatic carbocycles. The molecule has 4 atom stereocenters. The molecule has 2 rings (SSSR count). The first kappa shape index (κ1) is 13.8. The molecule has 2 saturated carbocycles. The number of hydrogen-bond donors (Lipinski definition) is 2. The van der Waals surface area contributed by atoms with E-state index in [0.717, 1.165) is 24.7 Å². The summed E-state index contributed by atoms with van der Waals surface area (Å²) < 4.78 is 0. The minimum atomic E-state index is -0.504. The van der Waals surface area contributed by atoms with Crippen molar-refractivity contribution in [2.75, 3.05) is 0 Å². The van der Waals surface area contributed by atoms with Gasteiger partial charge in [-0.1, -0.05) is 20.8 Å². The Balaban J connectivity index is 2.31. The zero-order valence-corrected chi connectivity index (χ0v) is 11.7. The summed E-state index contributed by atoms with van der Waals surface area (Å²) in [6.45, 7) is 8.18. The second kappa shape index (κ2) is 4.17. The summed E-state index contributed by atoms with van der Waals surface area (Å²) in [5.74, 6) is 0.154. The van der Waals surface area contributed by atoms with Gasteiger partial charge in [-0.3, -0.25) is 4.79 Å². The van der Waals surface area contributed by atoms with Gasteiger partial charge in [-0.25, -0.2) is 0 Å². The monoisotopic (exact) mass is 252 g/mol. The second-order valence-corrected chi connectivity index (χ2v) is 7.10. The van der Waals surface area contributed by atoms with E-state index in [4.69, 9.17) is 0 Å². The lowest BCUT2D eigenvalue weighted by molar-refractivity contribution is -0.105. The van der Waals surface area contributed by atoms with Crippen LogP contribution >= 0.6 is 0 Å². The van der Waals surface area contributed by atoms with Crippen LogP contribution in [0.25, 0.3) is 0 Å². The molecular formula is C15H24O3. The molecule has 3 nitrogen and oxygen atoms in total. The van der Waals surface area contributed by atoms with Crippen LogP contribution in [0.15, 0.2) is 11.1 Å². The van der Waals surface area contributed by atoms with E-state index in [1.807, 2.05) is 0 Å². The number of carbonyl (C=O) groups excluding carboxylic acids is 1. The molecule has 0 aromatic rings. The SMILES string of the molecule is C/C(C=O)=C1\C(O)C[C@]1(C)C1CC(C)(C)CC1O. The first-order valence-electron chi connectivity index (χ1n) is 6.74. The van der Waals surface area contributed by atoms with Gasteiger partial charge in [0.15, 0.2) is 0 Å². The van der Waals surface area contributed by atoms with Crippen LogP contribution in [-0.4, -0.2) is 28.7 Å². The van der Waals surface area contributed by atoms with Crippen molar-refractivity contribution in [2.45, 2.75) is 59.2 Å². The van der Waals surface area contributed by atoms with E-state index in [2.05, 4.69) is 20.8 Å². The van der Waals surface area contributed by atoms with Crippen molar-refractivity contribution in [3.63, 3.8) is 0 Å². The van der Waals surface area contributed by atoms with Crippen LogP contribution in [0.3, 0.4) is 0 Å². The fraction of sp³-hybridized carbons (Fsp3) is 0.800. The summed E-state index contributed by atoms with van der Waals surface area (Å²) in [6, 6.07) is 0. The number of aliphatic hydroxyl groups is 2. The van der Waals surface area contributed by atoms with Gasteiger partial charge in [0.2, 0.25) is 0 Å². The lowest BCUT2D eigenvalue weighted by Gasteiger charge is -2.51. The molecular weight excluding hydrogens is 228 g/mol. The fourth-order valence-corrected chi connectivity index (χ4v) is 4.16. The third-order valence-electron chi connectivity index (χ3n) is 4.98. The third-order valence-corrected chi connectivity index (χ3v) is 4.98. The molecule has 2 aliphatic rings. The molecule has 0 bridgehead atoms. The average Bonchev–Trinajstić information content (AvgIpc) is 2.51. The Morgan fingerprint density at radius 3 is 2.22 bits per heavy atom. The molecule has 0 aromatic carbocycles. The third kappa shape index (κ3) is 1.94. The Bertz CT molecular complexity index is 397. The minimum absolute atomic E-state index is 0.147. The Labute approximate surface area is 109 Å². The fourth-order valence-electron chi connectivity index (χ4n) is 4.16. The first-order chi connectivity index (χ1) is 8.21. The Kier molecular flexibility index (Phi) is 3.19. The highest BCUT2D eigenvalue weighted by atomic mass is 16.3. The maximum absolute atomic E-state index is 11.0. The van der Waals surface area contributed by atoms with Gasteiger partial charge in [-0.2, -0.15) is 0 Å². The van der Waals surface area contributed by atoms with Crippen LogP contribution in [0.1, 0.15) is 47.0 Å². The quantitative estimate of drug-likeness (QED) is 0.584. The summed E-state index contributed by atoms with van der Waals surface area (Å²) in [5.41, 5.74) is 1.42. The Morgan fingerprint density at radius 2 is 1.83 bits per heavy atom. The predicted octanol–water partition coefficient (Wildman–Crippen LogP) is 2.07. The summed E-state index contributed by atoms with van der Waals surface area (Å²) in [7, 11) is 0. The number of aliphatic hydroxyl groups excluding tert-OH is 2. The van der Waals surface area contributed by atoms with Gasteiger partial charge in [-0.05, 0) is 54.1 Å². The minimum Gasteiger partial charge on any atom is -0.393 e. The van der Waals surface area contributed by atoms with Crippen molar-refractivity contribution in [3.05, 3.63) is 11.1 Å². The van der Waals surface area contributed by atoms with Crippen LogP contribution in [0, 0.1) is 16.7 Å². The van der Waals surface area contributed by atoms with Crippen LogP contribution in [0.5, 0.6) is 0 Å². The lowest BCUT2D eigenvalue weighted by atomic mass is 9.55. The molecule has 0 spiro atoms. The molecule has 0 saturated heterocycles. The van der Waals surface area contributed by atoms with Gasteiger partial charge >= 0.3 is 0 Å². The number of rotatable bonds is 2. The molecule has 18 heavy (non-hydrogen) atoms. The zero-order chi connectivity index (χ0) is 13.7. The Morgan fingerprint density at radius 1 is 1.22 bits per heavy atom. The zero-order valence-electron chi connectivity index (χ0n) is 11.7. The van der Waals surface area contributed by atoms with Crippen LogP contribution in [0.2, 0.25) is 0 Å². The van der Waals surface area contributed by atoms with E-state index in [9.17, 15) is 15.0 Å². The maximum Gasteiger partial charge on any atom is 0.145 e. The van der Waals surface area contributed by atoms with Crippen LogP contribution < -0.4 is 0 Å². The van der Waals surface area contributed by atoms with Gasteiger partial charge in [0.05, 0.1) is 12.2 Å². The molecule has 0 amide bonds. The van der Waals surface area contributed by atoms with Gasteiger partial charge in [0, 0.05) is 0 Å². The summed E-state index contributed by atoms with van der Waals surface area (Å²) >= 11 is 0. The molecule has 102 valence electrons. The van der Waals surface area contributed by atoms with E-state index >= 15 is 0 Å². The summed E-state index contributed by atoms with van der Waals surface area (Å²) in [5, 5.41) is 20.2. The number of allylic oxidation sites excluding steroid dienone is 1. The van der Waals surface area contributed by atoms with E-state index in [0.29, 0.717) is 12.0 Å². The van der Waals surface area contributed by atoms with Crippen molar-refractivity contribution in [2.24, 2.45) is 16.7 Å².